The monoisotopic (exact) mass is 243 g/mol. The summed E-state index contributed by atoms with van der Waals surface area (Å²) in [6.45, 7) is 0.676. The molecule has 1 aromatic carbocycles. The Labute approximate surface area is 99.7 Å². The quantitative estimate of drug-likeness (QED) is 0.821. The number of methoxy groups -OCH3 is 1. The highest BCUT2D eigenvalue weighted by Gasteiger charge is 2.26. The van der Waals surface area contributed by atoms with Gasteiger partial charge < -0.3 is 10.1 Å². The minimum absolute atomic E-state index is 0.285. The molecule has 1 saturated carbocycles. The Balaban J connectivity index is 1.87. The number of alkyl halides is 1. The molecule has 0 aromatic heterocycles. The molecule has 88 valence electrons. The number of nitrogens with one attached hydrogen (secondary N) is 1. The van der Waals surface area contributed by atoms with Crippen molar-refractivity contribution in [3.63, 3.8) is 0 Å². The first-order valence-corrected chi connectivity index (χ1v) is 5.82. The molecule has 0 heterocycles. The van der Waals surface area contributed by atoms with Gasteiger partial charge in [0.05, 0.1) is 7.11 Å². The van der Waals surface area contributed by atoms with Gasteiger partial charge in [0.15, 0.2) is 11.6 Å². The summed E-state index contributed by atoms with van der Waals surface area (Å²) in [6.07, 6.45) is 2.00. The van der Waals surface area contributed by atoms with Crippen LogP contribution in [-0.4, -0.2) is 18.5 Å². The summed E-state index contributed by atoms with van der Waals surface area (Å²) in [5.74, 6) is -0.0288. The molecule has 0 spiro atoms. The van der Waals surface area contributed by atoms with E-state index in [9.17, 15) is 4.39 Å². The standard InChI is InChI=1S/C12H15ClFNO/c1-16-12-3-2-8(4-11(12)14)7-15-10-5-9(13)6-10/h2-4,9-10,15H,5-7H2,1H3. The second-order valence-electron chi connectivity index (χ2n) is 4.12. The minimum atomic E-state index is -0.314. The molecule has 0 amide bonds. The third-order valence-corrected chi connectivity index (χ3v) is 3.25. The molecule has 0 radical (unpaired) electrons. The maximum Gasteiger partial charge on any atom is 0.165 e. The number of halogens is 2. The molecule has 0 bridgehead atoms. The highest BCUT2D eigenvalue weighted by atomic mass is 35.5. The Morgan fingerprint density at radius 2 is 2.25 bits per heavy atom. The molecule has 16 heavy (non-hydrogen) atoms. The van der Waals surface area contributed by atoms with Crippen LogP contribution in [0.15, 0.2) is 18.2 Å². The van der Waals surface area contributed by atoms with Crippen molar-refractivity contribution < 1.29 is 9.13 Å². The highest BCUT2D eigenvalue weighted by molar-refractivity contribution is 6.21. The van der Waals surface area contributed by atoms with Crippen LogP contribution in [0.3, 0.4) is 0 Å². The van der Waals surface area contributed by atoms with Crippen molar-refractivity contribution in [3.8, 4) is 5.75 Å². The van der Waals surface area contributed by atoms with E-state index in [2.05, 4.69) is 5.32 Å². The summed E-state index contributed by atoms with van der Waals surface area (Å²) in [6, 6.07) is 5.50. The van der Waals surface area contributed by atoms with Crippen molar-refractivity contribution in [1.29, 1.82) is 0 Å². The number of hydrogen-bond acceptors (Lipinski definition) is 2. The van der Waals surface area contributed by atoms with Gasteiger partial charge in [0.25, 0.3) is 0 Å². The summed E-state index contributed by atoms with van der Waals surface area (Å²) < 4.78 is 18.2. The minimum Gasteiger partial charge on any atom is -0.494 e. The zero-order valence-corrected chi connectivity index (χ0v) is 9.93. The third-order valence-electron chi connectivity index (χ3n) is 2.89. The lowest BCUT2D eigenvalue weighted by Crippen LogP contribution is -2.41. The summed E-state index contributed by atoms with van der Waals surface area (Å²) >= 11 is 5.87. The maximum atomic E-state index is 13.4. The third kappa shape index (κ3) is 2.66. The lowest BCUT2D eigenvalue weighted by Gasteiger charge is -2.31. The van der Waals surface area contributed by atoms with Crippen molar-refractivity contribution in [2.24, 2.45) is 0 Å². The van der Waals surface area contributed by atoms with Gasteiger partial charge in [-0.05, 0) is 30.5 Å². The van der Waals surface area contributed by atoms with Gasteiger partial charge in [-0.1, -0.05) is 6.07 Å². The second-order valence-corrected chi connectivity index (χ2v) is 4.73. The fourth-order valence-corrected chi connectivity index (χ4v) is 2.23. The fraction of sp³-hybridized carbons (Fsp3) is 0.500. The van der Waals surface area contributed by atoms with Crippen LogP contribution in [0.2, 0.25) is 0 Å². The van der Waals surface area contributed by atoms with Crippen molar-refractivity contribution >= 4 is 11.6 Å². The van der Waals surface area contributed by atoms with Gasteiger partial charge in [-0.2, -0.15) is 0 Å². The zero-order chi connectivity index (χ0) is 11.5. The lowest BCUT2D eigenvalue weighted by atomic mass is 9.92. The van der Waals surface area contributed by atoms with Gasteiger partial charge in [0.1, 0.15) is 0 Å². The Bertz CT molecular complexity index is 366. The molecule has 2 rings (SSSR count). The molecule has 2 nitrogen and oxygen atoms in total. The summed E-state index contributed by atoms with van der Waals surface area (Å²) in [5.41, 5.74) is 0.927. The van der Waals surface area contributed by atoms with Crippen LogP contribution in [0, 0.1) is 5.82 Å². The molecule has 1 aromatic rings. The van der Waals surface area contributed by atoms with Crippen LogP contribution in [0.25, 0.3) is 0 Å². The molecule has 4 heteroatoms. The van der Waals surface area contributed by atoms with Crippen molar-refractivity contribution in [3.05, 3.63) is 29.6 Å². The van der Waals surface area contributed by atoms with E-state index >= 15 is 0 Å². The molecule has 0 unspecified atom stereocenters. The van der Waals surface area contributed by atoms with Gasteiger partial charge in [-0.25, -0.2) is 4.39 Å². The first-order chi connectivity index (χ1) is 7.69. The van der Waals surface area contributed by atoms with E-state index in [1.54, 1.807) is 6.07 Å². The normalized spacial score (nSPS) is 23.9. The van der Waals surface area contributed by atoms with E-state index in [1.165, 1.54) is 13.2 Å². The van der Waals surface area contributed by atoms with Gasteiger partial charge in [-0.15, -0.1) is 11.6 Å². The topological polar surface area (TPSA) is 21.3 Å². The Morgan fingerprint density at radius 3 is 2.81 bits per heavy atom. The van der Waals surface area contributed by atoms with Crippen LogP contribution < -0.4 is 10.1 Å². The Kier molecular flexibility index (Phi) is 3.66. The average molecular weight is 244 g/mol. The molecule has 1 fully saturated rings. The molecule has 1 aliphatic rings. The van der Waals surface area contributed by atoms with Crippen LogP contribution in [0.5, 0.6) is 5.75 Å². The number of benzene rings is 1. The predicted octanol–water partition coefficient (Wildman–Crippen LogP) is 2.69. The Hall–Kier alpha value is -0.800. The number of ether oxygens (including phenoxy) is 1. The van der Waals surface area contributed by atoms with E-state index in [-0.39, 0.29) is 11.6 Å². The fourth-order valence-electron chi connectivity index (χ4n) is 1.80. The first kappa shape index (κ1) is 11.7. The van der Waals surface area contributed by atoms with Crippen molar-refractivity contribution in [2.45, 2.75) is 30.8 Å². The van der Waals surface area contributed by atoms with Crippen molar-refractivity contribution in [1.82, 2.24) is 5.32 Å². The maximum absolute atomic E-state index is 13.4. The summed E-state index contributed by atoms with van der Waals surface area (Å²) in [5, 5.41) is 3.65. The highest BCUT2D eigenvalue weighted by Crippen LogP contribution is 2.25. The van der Waals surface area contributed by atoms with Crippen LogP contribution in [0.1, 0.15) is 18.4 Å². The van der Waals surface area contributed by atoms with E-state index in [0.29, 0.717) is 18.0 Å². The van der Waals surface area contributed by atoms with Crippen LogP contribution in [0.4, 0.5) is 4.39 Å². The van der Waals surface area contributed by atoms with Crippen LogP contribution in [-0.2, 0) is 6.54 Å². The predicted molar refractivity (Wildman–Crippen MR) is 62.5 cm³/mol. The van der Waals surface area contributed by atoms with Gasteiger partial charge >= 0.3 is 0 Å². The SMILES string of the molecule is COc1ccc(CNC2CC(Cl)C2)cc1F. The lowest BCUT2D eigenvalue weighted by molar-refractivity contribution is 0.344. The summed E-state index contributed by atoms with van der Waals surface area (Å²) in [4.78, 5) is 0. The second kappa shape index (κ2) is 5.02. The van der Waals surface area contributed by atoms with Gasteiger partial charge in [0.2, 0.25) is 0 Å². The van der Waals surface area contributed by atoms with Gasteiger partial charge in [-0.3, -0.25) is 0 Å². The van der Waals surface area contributed by atoms with E-state index in [1.807, 2.05) is 6.07 Å². The van der Waals surface area contributed by atoms with Crippen LogP contribution >= 0.6 is 11.6 Å². The largest absolute Gasteiger partial charge is 0.494 e. The molecule has 0 aliphatic heterocycles. The Morgan fingerprint density at radius 1 is 1.50 bits per heavy atom. The van der Waals surface area contributed by atoms with Gasteiger partial charge in [0, 0.05) is 18.0 Å². The molecule has 0 saturated heterocycles. The smallest absolute Gasteiger partial charge is 0.165 e. The molecular weight excluding hydrogens is 229 g/mol. The number of rotatable bonds is 4. The average Bonchev–Trinajstić information content (AvgIpc) is 2.23. The molecule has 1 N–H and O–H groups in total. The van der Waals surface area contributed by atoms with E-state index in [0.717, 1.165) is 18.4 Å². The zero-order valence-electron chi connectivity index (χ0n) is 9.17. The van der Waals surface area contributed by atoms with E-state index in [4.69, 9.17) is 16.3 Å². The number of hydrogen-bond donors (Lipinski definition) is 1. The van der Waals surface area contributed by atoms with E-state index < -0.39 is 0 Å². The first-order valence-electron chi connectivity index (χ1n) is 5.39. The molecule has 1 aliphatic carbocycles. The van der Waals surface area contributed by atoms with Crippen molar-refractivity contribution in [2.75, 3.05) is 7.11 Å². The molecular formula is C12H15ClFNO. The molecule has 0 atom stereocenters. The summed E-state index contributed by atoms with van der Waals surface area (Å²) in [7, 11) is 1.46.